The molecule has 0 saturated heterocycles. The van der Waals surface area contributed by atoms with Crippen LogP contribution in [0.15, 0.2) is 90.2 Å². The fraction of sp³-hybridized carbons (Fsp3) is 0.0741. The summed E-state index contributed by atoms with van der Waals surface area (Å²) in [5.41, 5.74) is 3.61. The zero-order valence-electron chi connectivity index (χ0n) is 19.4. The molecule has 0 aliphatic rings. The molecule has 36 heavy (non-hydrogen) atoms. The van der Waals surface area contributed by atoms with E-state index >= 15 is 0 Å². The van der Waals surface area contributed by atoms with Crippen LogP contribution in [0.2, 0.25) is 0 Å². The lowest BCUT2D eigenvalue weighted by atomic mass is 10.0. The van der Waals surface area contributed by atoms with E-state index in [2.05, 4.69) is 9.97 Å². The second-order valence-electron chi connectivity index (χ2n) is 7.69. The summed E-state index contributed by atoms with van der Waals surface area (Å²) < 4.78 is 40.4. The number of fused-ring (bicyclic) bond motifs is 1. The standard InChI is InChI=1S/C27H20F2N4O2S/c1-34-25-21(28)15-30-27(35-2)23(25)20-16-33(36-29)26-19(20)13-14-22(32-26)31-24(17-9-5-3-6-10-17)18-11-7-4-8-12-18/h3-16H,1-2H3. The molecule has 0 aliphatic heterocycles. The Labute approximate surface area is 210 Å². The first kappa shape index (κ1) is 23.5. The first-order valence-electron chi connectivity index (χ1n) is 10.9. The van der Waals surface area contributed by atoms with E-state index in [1.807, 2.05) is 60.7 Å². The van der Waals surface area contributed by atoms with Crippen molar-refractivity contribution in [2.75, 3.05) is 14.2 Å². The molecule has 0 spiro atoms. The molecule has 2 aromatic carbocycles. The van der Waals surface area contributed by atoms with Crippen LogP contribution in [0.1, 0.15) is 11.1 Å². The highest BCUT2D eigenvalue weighted by molar-refractivity contribution is 7.92. The van der Waals surface area contributed by atoms with Gasteiger partial charge in [0.15, 0.2) is 35.4 Å². The molecule has 6 nitrogen and oxygen atoms in total. The number of methoxy groups -OCH3 is 2. The van der Waals surface area contributed by atoms with Crippen LogP contribution in [-0.4, -0.2) is 33.9 Å². The molecule has 0 fully saturated rings. The molecule has 3 heterocycles. The molecule has 0 saturated carbocycles. The van der Waals surface area contributed by atoms with Crippen molar-refractivity contribution in [1.29, 1.82) is 0 Å². The summed E-state index contributed by atoms with van der Waals surface area (Å²) in [5.74, 6) is -0.177. The maximum absolute atomic E-state index is 14.5. The summed E-state index contributed by atoms with van der Waals surface area (Å²) in [4.78, 5) is 13.5. The third-order valence-corrected chi connectivity index (χ3v) is 6.05. The molecule has 0 aliphatic carbocycles. The molecule has 5 rings (SSSR count). The topological polar surface area (TPSA) is 61.5 Å². The van der Waals surface area contributed by atoms with Crippen molar-refractivity contribution in [3.63, 3.8) is 0 Å². The van der Waals surface area contributed by atoms with Crippen molar-refractivity contribution in [2.24, 2.45) is 4.99 Å². The zero-order valence-corrected chi connectivity index (χ0v) is 20.2. The molecule has 5 aromatic rings. The monoisotopic (exact) mass is 502 g/mol. The van der Waals surface area contributed by atoms with Crippen molar-refractivity contribution in [1.82, 2.24) is 13.9 Å². The Morgan fingerprint density at radius 2 is 1.58 bits per heavy atom. The number of nitrogens with zero attached hydrogens (tertiary/aromatic N) is 4. The summed E-state index contributed by atoms with van der Waals surface area (Å²) in [7, 11) is 2.77. The van der Waals surface area contributed by atoms with Gasteiger partial charge in [0, 0.05) is 28.3 Å². The minimum absolute atomic E-state index is 0.0248. The Kier molecular flexibility index (Phi) is 6.64. The third-order valence-electron chi connectivity index (χ3n) is 5.62. The third kappa shape index (κ3) is 4.29. The number of ether oxygens (including phenoxy) is 2. The van der Waals surface area contributed by atoms with Crippen LogP contribution in [0.25, 0.3) is 22.2 Å². The van der Waals surface area contributed by atoms with Crippen LogP contribution in [0.5, 0.6) is 11.6 Å². The van der Waals surface area contributed by atoms with Gasteiger partial charge >= 0.3 is 0 Å². The molecule has 3 aromatic heterocycles. The van der Waals surface area contributed by atoms with E-state index in [1.54, 1.807) is 12.1 Å². The van der Waals surface area contributed by atoms with Gasteiger partial charge in [0.25, 0.3) is 0 Å². The van der Waals surface area contributed by atoms with E-state index in [4.69, 9.17) is 14.5 Å². The second-order valence-corrected chi connectivity index (χ2v) is 8.23. The molecule has 0 bridgehead atoms. The van der Waals surface area contributed by atoms with Gasteiger partial charge in [-0.25, -0.2) is 23.3 Å². The van der Waals surface area contributed by atoms with Crippen LogP contribution in [0.3, 0.4) is 0 Å². The minimum atomic E-state index is -0.661. The molecule has 9 heteroatoms. The van der Waals surface area contributed by atoms with Gasteiger partial charge in [0.05, 0.1) is 31.7 Å². The molecular formula is C27H20F2N4O2S. The quantitative estimate of drug-likeness (QED) is 0.229. The predicted octanol–water partition coefficient (Wildman–Crippen LogP) is 6.80. The lowest BCUT2D eigenvalue weighted by molar-refractivity contribution is 0.367. The van der Waals surface area contributed by atoms with E-state index < -0.39 is 5.82 Å². The Morgan fingerprint density at radius 3 is 2.17 bits per heavy atom. The van der Waals surface area contributed by atoms with Gasteiger partial charge in [-0.1, -0.05) is 60.7 Å². The number of hydrogen-bond acceptors (Lipinski definition) is 6. The van der Waals surface area contributed by atoms with Crippen LogP contribution in [-0.2, 0) is 0 Å². The SMILES string of the molecule is COc1ncc(F)c(OC)c1-c1cn(SF)c2nc(N=C(c3ccccc3)c3ccccc3)ccc12. The Bertz CT molecular complexity index is 1520. The fourth-order valence-corrected chi connectivity index (χ4v) is 4.38. The highest BCUT2D eigenvalue weighted by Crippen LogP contribution is 2.43. The Balaban J connectivity index is 1.71. The molecule has 0 N–H and O–H groups in total. The van der Waals surface area contributed by atoms with E-state index in [0.29, 0.717) is 22.4 Å². The normalized spacial score (nSPS) is 10.9. The maximum Gasteiger partial charge on any atom is 0.225 e. The number of benzene rings is 2. The van der Waals surface area contributed by atoms with Crippen molar-refractivity contribution >= 4 is 34.9 Å². The molecule has 180 valence electrons. The number of rotatable bonds is 7. The average molecular weight is 503 g/mol. The zero-order chi connectivity index (χ0) is 25.1. The van der Waals surface area contributed by atoms with Gasteiger partial charge in [-0.05, 0) is 12.1 Å². The summed E-state index contributed by atoms with van der Waals surface area (Å²) >= 11 is -0.0248. The van der Waals surface area contributed by atoms with Gasteiger partial charge in [0.2, 0.25) is 5.88 Å². The first-order valence-corrected chi connectivity index (χ1v) is 11.6. The number of aliphatic imine (C=N–C) groups is 1. The average Bonchev–Trinajstić information content (AvgIpc) is 3.30. The molecule has 0 radical (unpaired) electrons. The summed E-state index contributed by atoms with van der Waals surface area (Å²) in [5, 5.41) is 0.559. The lowest BCUT2D eigenvalue weighted by Gasteiger charge is -2.12. The van der Waals surface area contributed by atoms with Crippen molar-refractivity contribution < 1.29 is 17.7 Å². The van der Waals surface area contributed by atoms with Crippen LogP contribution >= 0.6 is 12.3 Å². The van der Waals surface area contributed by atoms with Crippen molar-refractivity contribution in [2.45, 2.75) is 0 Å². The van der Waals surface area contributed by atoms with Crippen LogP contribution in [0.4, 0.5) is 14.1 Å². The maximum atomic E-state index is 14.5. The summed E-state index contributed by atoms with van der Waals surface area (Å²) in [6.07, 6.45) is 2.52. The van der Waals surface area contributed by atoms with Crippen LogP contribution in [0, 0.1) is 5.82 Å². The lowest BCUT2D eigenvalue weighted by Crippen LogP contribution is -2.03. The van der Waals surface area contributed by atoms with Gasteiger partial charge in [-0.3, -0.25) is 0 Å². The Hall–Kier alpha value is -4.24. The van der Waals surface area contributed by atoms with Crippen molar-refractivity contribution in [3.8, 4) is 22.8 Å². The number of pyridine rings is 2. The number of halogens is 2. The number of aromatic nitrogens is 3. The van der Waals surface area contributed by atoms with E-state index in [-0.39, 0.29) is 29.5 Å². The van der Waals surface area contributed by atoms with Gasteiger partial charge in [0.1, 0.15) is 0 Å². The van der Waals surface area contributed by atoms with Gasteiger partial charge < -0.3 is 9.47 Å². The minimum Gasteiger partial charge on any atom is -0.493 e. The van der Waals surface area contributed by atoms with Gasteiger partial charge in [-0.15, -0.1) is 3.89 Å². The molecule has 0 amide bonds. The second kappa shape index (κ2) is 10.2. The first-order chi connectivity index (χ1) is 17.6. The number of hydrogen-bond donors (Lipinski definition) is 0. The molecule has 0 atom stereocenters. The highest BCUT2D eigenvalue weighted by Gasteiger charge is 2.24. The van der Waals surface area contributed by atoms with Crippen LogP contribution < -0.4 is 9.47 Å². The fourth-order valence-electron chi connectivity index (χ4n) is 4.03. The van der Waals surface area contributed by atoms with Gasteiger partial charge in [-0.2, -0.15) is 0 Å². The van der Waals surface area contributed by atoms with E-state index in [9.17, 15) is 8.28 Å². The highest BCUT2D eigenvalue weighted by atomic mass is 32.2. The van der Waals surface area contributed by atoms with E-state index in [1.165, 1.54) is 24.4 Å². The van der Waals surface area contributed by atoms with Crippen molar-refractivity contribution in [3.05, 3.63) is 102 Å². The summed E-state index contributed by atoms with van der Waals surface area (Å²) in [6.45, 7) is 0. The Morgan fingerprint density at radius 1 is 0.917 bits per heavy atom. The summed E-state index contributed by atoms with van der Waals surface area (Å²) in [6, 6.07) is 23.0. The smallest absolute Gasteiger partial charge is 0.225 e. The largest absolute Gasteiger partial charge is 0.493 e. The molecular weight excluding hydrogens is 482 g/mol. The van der Waals surface area contributed by atoms with E-state index in [0.717, 1.165) is 23.0 Å². The molecule has 0 unspecified atom stereocenters. The predicted molar refractivity (Wildman–Crippen MR) is 138 cm³/mol.